The highest BCUT2D eigenvalue weighted by molar-refractivity contribution is 9.10. The summed E-state index contributed by atoms with van der Waals surface area (Å²) in [7, 11) is 0. The number of rotatable bonds is 3. The van der Waals surface area contributed by atoms with Gasteiger partial charge in [0.25, 0.3) is 5.91 Å². The van der Waals surface area contributed by atoms with Crippen molar-refractivity contribution in [2.45, 2.75) is 51.0 Å². The second kappa shape index (κ2) is 7.51. The Morgan fingerprint density at radius 1 is 1.17 bits per heavy atom. The van der Waals surface area contributed by atoms with Crippen molar-refractivity contribution in [1.82, 2.24) is 10.2 Å². The molecule has 1 aliphatic heterocycles. The van der Waals surface area contributed by atoms with Gasteiger partial charge in [0.15, 0.2) is 4.67 Å². The Morgan fingerprint density at radius 2 is 1.96 bits per heavy atom. The fourth-order valence-corrected chi connectivity index (χ4v) is 3.89. The molecule has 1 aromatic rings. The minimum atomic E-state index is -0.0926. The molecule has 1 aliphatic carbocycles. The highest BCUT2D eigenvalue weighted by atomic mass is 79.9. The van der Waals surface area contributed by atoms with Gasteiger partial charge in [-0.3, -0.25) is 9.59 Å². The number of carbonyl (C=O) groups is 2. The SMILES string of the molecule is O=C(NC1CCCCC1)C1CCCN(C(=O)c2coc(Br)c2)C1. The first-order valence-electron chi connectivity index (χ1n) is 8.47. The van der Waals surface area contributed by atoms with Crippen molar-refractivity contribution >= 4 is 27.7 Å². The molecule has 2 aliphatic rings. The van der Waals surface area contributed by atoms with Gasteiger partial charge in [0.2, 0.25) is 5.91 Å². The number of hydrogen-bond donors (Lipinski definition) is 1. The number of nitrogens with zero attached hydrogens (tertiary/aromatic N) is 1. The summed E-state index contributed by atoms with van der Waals surface area (Å²) in [6.07, 6.45) is 9.04. The number of furan rings is 1. The lowest BCUT2D eigenvalue weighted by Gasteiger charge is -2.33. The van der Waals surface area contributed by atoms with Gasteiger partial charge in [-0.05, 0) is 41.6 Å². The third-order valence-electron chi connectivity index (χ3n) is 4.85. The van der Waals surface area contributed by atoms with Crippen molar-refractivity contribution in [1.29, 1.82) is 0 Å². The molecular formula is C17H23BrN2O3. The molecule has 0 spiro atoms. The van der Waals surface area contributed by atoms with Crippen molar-refractivity contribution in [3.8, 4) is 0 Å². The van der Waals surface area contributed by atoms with Gasteiger partial charge in [-0.15, -0.1) is 0 Å². The predicted octanol–water partition coefficient (Wildman–Crippen LogP) is 3.34. The minimum absolute atomic E-state index is 0.0605. The quantitative estimate of drug-likeness (QED) is 0.871. The van der Waals surface area contributed by atoms with Crippen LogP contribution in [0.3, 0.4) is 0 Å². The summed E-state index contributed by atoms with van der Waals surface area (Å²) in [5, 5.41) is 3.19. The van der Waals surface area contributed by atoms with Gasteiger partial charge < -0.3 is 14.6 Å². The maximum absolute atomic E-state index is 12.5. The van der Waals surface area contributed by atoms with Crippen molar-refractivity contribution in [3.05, 3.63) is 22.6 Å². The fraction of sp³-hybridized carbons (Fsp3) is 0.647. The van der Waals surface area contributed by atoms with E-state index in [2.05, 4.69) is 21.2 Å². The van der Waals surface area contributed by atoms with E-state index in [4.69, 9.17) is 4.42 Å². The molecule has 3 rings (SSSR count). The molecule has 1 N–H and O–H groups in total. The summed E-state index contributed by atoms with van der Waals surface area (Å²) in [5.74, 6) is -0.0395. The molecule has 2 heterocycles. The Bertz CT molecular complexity index is 566. The molecule has 2 amide bonds. The van der Waals surface area contributed by atoms with Crippen LogP contribution in [0, 0.1) is 5.92 Å². The Morgan fingerprint density at radius 3 is 2.65 bits per heavy atom. The van der Waals surface area contributed by atoms with E-state index in [0.717, 1.165) is 25.7 Å². The molecular weight excluding hydrogens is 360 g/mol. The second-order valence-electron chi connectivity index (χ2n) is 6.57. The van der Waals surface area contributed by atoms with Gasteiger partial charge in [-0.1, -0.05) is 19.3 Å². The lowest BCUT2D eigenvalue weighted by Crippen LogP contribution is -2.47. The zero-order valence-corrected chi connectivity index (χ0v) is 14.8. The maximum atomic E-state index is 12.5. The monoisotopic (exact) mass is 382 g/mol. The van der Waals surface area contributed by atoms with E-state index in [-0.39, 0.29) is 17.7 Å². The third kappa shape index (κ3) is 4.16. The summed E-state index contributed by atoms with van der Waals surface area (Å²) in [6, 6.07) is 2.00. The molecule has 126 valence electrons. The number of hydrogen-bond acceptors (Lipinski definition) is 3. The lowest BCUT2D eigenvalue weighted by molar-refractivity contribution is -0.127. The lowest BCUT2D eigenvalue weighted by atomic mass is 9.93. The highest BCUT2D eigenvalue weighted by Crippen LogP contribution is 2.23. The predicted molar refractivity (Wildman–Crippen MR) is 90.1 cm³/mol. The summed E-state index contributed by atoms with van der Waals surface area (Å²) in [4.78, 5) is 26.8. The normalized spacial score (nSPS) is 22.8. The average molecular weight is 383 g/mol. The van der Waals surface area contributed by atoms with Gasteiger partial charge in [0.05, 0.1) is 11.5 Å². The van der Waals surface area contributed by atoms with E-state index in [1.54, 1.807) is 11.0 Å². The van der Waals surface area contributed by atoms with Crippen LogP contribution in [-0.4, -0.2) is 35.8 Å². The summed E-state index contributed by atoms with van der Waals surface area (Å²) < 4.78 is 5.69. The molecule has 0 bridgehead atoms. The highest BCUT2D eigenvalue weighted by Gasteiger charge is 2.30. The minimum Gasteiger partial charge on any atom is -0.457 e. The molecule has 6 heteroatoms. The number of carbonyl (C=O) groups excluding carboxylic acids is 2. The first kappa shape index (κ1) is 16.6. The van der Waals surface area contributed by atoms with Crippen LogP contribution < -0.4 is 5.32 Å². The van der Waals surface area contributed by atoms with E-state index in [1.807, 2.05) is 0 Å². The standard InChI is InChI=1S/C17H23BrN2O3/c18-15-9-13(11-23-15)17(22)20-8-4-5-12(10-20)16(21)19-14-6-2-1-3-7-14/h9,11-12,14H,1-8,10H2,(H,19,21). The van der Waals surface area contributed by atoms with Crippen molar-refractivity contribution in [3.63, 3.8) is 0 Å². The van der Waals surface area contributed by atoms with Crippen LogP contribution in [-0.2, 0) is 4.79 Å². The topological polar surface area (TPSA) is 62.6 Å². The first-order valence-corrected chi connectivity index (χ1v) is 9.26. The van der Waals surface area contributed by atoms with Crippen LogP contribution in [0.2, 0.25) is 0 Å². The molecule has 1 saturated heterocycles. The third-order valence-corrected chi connectivity index (χ3v) is 5.26. The van der Waals surface area contributed by atoms with Gasteiger partial charge in [0, 0.05) is 25.2 Å². The van der Waals surface area contributed by atoms with E-state index >= 15 is 0 Å². The molecule has 2 fully saturated rings. The van der Waals surface area contributed by atoms with Gasteiger partial charge in [-0.2, -0.15) is 0 Å². The molecule has 1 aromatic heterocycles. The van der Waals surface area contributed by atoms with E-state index in [1.165, 1.54) is 25.5 Å². The Labute approximate surface area is 144 Å². The van der Waals surface area contributed by atoms with E-state index < -0.39 is 0 Å². The maximum Gasteiger partial charge on any atom is 0.257 e. The molecule has 0 radical (unpaired) electrons. The first-order chi connectivity index (χ1) is 11.1. The van der Waals surface area contributed by atoms with Crippen molar-refractivity contribution in [2.24, 2.45) is 5.92 Å². The molecule has 5 nitrogen and oxygen atoms in total. The second-order valence-corrected chi connectivity index (χ2v) is 7.35. The summed E-state index contributed by atoms with van der Waals surface area (Å²) in [6.45, 7) is 1.20. The molecule has 1 saturated carbocycles. The zero-order chi connectivity index (χ0) is 16.2. The van der Waals surface area contributed by atoms with Gasteiger partial charge >= 0.3 is 0 Å². The summed E-state index contributed by atoms with van der Waals surface area (Å²) >= 11 is 3.21. The summed E-state index contributed by atoms with van der Waals surface area (Å²) in [5.41, 5.74) is 0.533. The number of amides is 2. The molecule has 1 atom stereocenters. The van der Waals surface area contributed by atoms with Crippen LogP contribution in [0.1, 0.15) is 55.3 Å². The fourth-order valence-electron chi connectivity index (χ4n) is 3.55. The van der Waals surface area contributed by atoms with Gasteiger partial charge in [-0.25, -0.2) is 0 Å². The van der Waals surface area contributed by atoms with Crippen molar-refractivity contribution in [2.75, 3.05) is 13.1 Å². The Balaban J connectivity index is 1.56. The number of piperidine rings is 1. The molecule has 1 unspecified atom stereocenters. The van der Waals surface area contributed by atoms with E-state index in [0.29, 0.717) is 29.4 Å². The Kier molecular flexibility index (Phi) is 5.41. The smallest absolute Gasteiger partial charge is 0.257 e. The van der Waals surface area contributed by atoms with Crippen molar-refractivity contribution < 1.29 is 14.0 Å². The molecule has 23 heavy (non-hydrogen) atoms. The average Bonchev–Trinajstić information content (AvgIpc) is 3.01. The molecule has 0 aromatic carbocycles. The zero-order valence-electron chi connectivity index (χ0n) is 13.2. The number of halogens is 1. The van der Waals surface area contributed by atoms with E-state index in [9.17, 15) is 9.59 Å². The largest absolute Gasteiger partial charge is 0.457 e. The Hall–Kier alpha value is -1.30. The van der Waals surface area contributed by atoms with Gasteiger partial charge in [0.1, 0.15) is 6.26 Å². The van der Waals surface area contributed by atoms with Crippen LogP contribution in [0.5, 0.6) is 0 Å². The number of likely N-dealkylation sites (tertiary alicyclic amines) is 1. The van der Waals surface area contributed by atoms with Crippen LogP contribution >= 0.6 is 15.9 Å². The van der Waals surface area contributed by atoms with Crippen LogP contribution in [0.25, 0.3) is 0 Å². The van der Waals surface area contributed by atoms with Crippen LogP contribution in [0.15, 0.2) is 21.4 Å². The number of nitrogens with one attached hydrogen (secondary N) is 1. The van der Waals surface area contributed by atoms with Crippen LogP contribution in [0.4, 0.5) is 0 Å².